The van der Waals surface area contributed by atoms with Crippen LogP contribution < -0.4 is 44.8 Å². The maximum absolute atomic E-state index is 13.5. The molecule has 9 aromatic carbocycles. The molecule has 0 aliphatic heterocycles. The van der Waals surface area contributed by atoms with Crippen LogP contribution in [0.3, 0.4) is 0 Å². The largest absolute Gasteiger partial charge is 0.497 e. The van der Waals surface area contributed by atoms with E-state index in [9.17, 15) is 54.0 Å². The van der Waals surface area contributed by atoms with Gasteiger partial charge in [-0.25, -0.2) is 25.3 Å². The Labute approximate surface area is 669 Å². The van der Waals surface area contributed by atoms with Crippen molar-refractivity contribution in [3.05, 3.63) is 217 Å². The third-order valence-corrected chi connectivity index (χ3v) is 21.8. The van der Waals surface area contributed by atoms with Crippen molar-refractivity contribution in [3.63, 3.8) is 0 Å². The number of hydrogen-bond acceptors (Lipinski definition) is 20. The number of Topliss-reactive ketones (excluding diaryl/α,β-unsaturated/α-hetero) is 3. The van der Waals surface area contributed by atoms with Crippen LogP contribution >= 0.6 is 0 Å². The number of amides is 3. The number of primary amides is 1. The van der Waals surface area contributed by atoms with E-state index in [0.29, 0.717) is 36.9 Å². The standard InChI is InChI=1S/C31H38N2O6S.C30H35NO7S.C27H29NO6S/c1-31(2,3)20-25(34)21-40(36,37)29-19-24(30(35)32-16-17-33(4)5)12-15-28(29)39-27-9-7-8-23(18-27)22-10-13-26(38-6)14-11-22;1-30(2,3)19-24(32)20-39(34,35)28-18-23(29(33)31-15-16-36-4)11-14-27(28)38-26-8-6-7-22(17-26)21-9-12-25(37-5)13-10-21;1-27(2,3)16-21(29)17-35(31,32)25-15-20(26(28)30)10-13-24(25)34-23-7-5-6-19(14-23)18-8-11-22(33-4)12-9-18/h7-15,18-19H,16-17,20-21H2,1-6H3,(H,32,35);6-14,17-18H,15-16,19-20H2,1-5H3,(H,31,33);5-15H,16-17H2,1-4H3,(H2,28,30). The van der Waals surface area contributed by atoms with Crippen molar-refractivity contribution in [2.45, 2.75) is 96.3 Å². The molecule has 0 radical (unpaired) electrons. The maximum atomic E-state index is 13.5. The minimum Gasteiger partial charge on any atom is -0.497 e. The van der Waals surface area contributed by atoms with E-state index in [0.717, 1.165) is 56.7 Å². The molecule has 26 heteroatoms. The molecule has 3 amide bonds. The van der Waals surface area contributed by atoms with Gasteiger partial charge < -0.3 is 54.4 Å². The molecule has 0 unspecified atom stereocenters. The number of methoxy groups -OCH3 is 4. The molecule has 0 saturated heterocycles. The fraction of sp³-hybridized carbons (Fsp3) is 0.318. The highest BCUT2D eigenvalue weighted by Gasteiger charge is 2.32. The number of rotatable bonds is 33. The van der Waals surface area contributed by atoms with Crippen molar-refractivity contribution in [3.8, 4) is 85.1 Å². The number of benzene rings is 9. The minimum absolute atomic E-state index is 0.00504. The Morgan fingerprint density at radius 3 is 0.921 bits per heavy atom. The summed E-state index contributed by atoms with van der Waals surface area (Å²) in [6.07, 6.45) is 0.308. The Bertz CT molecular complexity index is 5220. The molecule has 0 fully saturated rings. The monoisotopic (exact) mass is 1610 g/mol. The molecule has 0 spiro atoms. The summed E-state index contributed by atoms with van der Waals surface area (Å²) in [4.78, 5) is 76.2. The molecule has 23 nitrogen and oxygen atoms in total. The van der Waals surface area contributed by atoms with Crippen molar-refractivity contribution in [2.24, 2.45) is 22.0 Å². The fourth-order valence-corrected chi connectivity index (χ4v) is 15.8. The normalized spacial score (nSPS) is 11.7. The van der Waals surface area contributed by atoms with Crippen LogP contribution in [0.5, 0.6) is 51.7 Å². The first-order chi connectivity index (χ1) is 53.6. The van der Waals surface area contributed by atoms with Gasteiger partial charge in [-0.15, -0.1) is 0 Å². The lowest BCUT2D eigenvalue weighted by atomic mass is 9.90. The van der Waals surface area contributed by atoms with Gasteiger partial charge in [-0.05, 0) is 191 Å². The predicted molar refractivity (Wildman–Crippen MR) is 442 cm³/mol. The fourth-order valence-electron chi connectivity index (χ4n) is 11.6. The number of carbonyl (C=O) groups is 6. The van der Waals surface area contributed by atoms with E-state index in [-0.39, 0.29) is 90.7 Å². The molecule has 0 aliphatic rings. The molecule has 0 atom stereocenters. The zero-order valence-electron chi connectivity index (χ0n) is 67.1. The molecule has 0 heterocycles. The summed E-state index contributed by atoms with van der Waals surface area (Å²) in [5, 5.41) is 5.47. The van der Waals surface area contributed by atoms with E-state index >= 15 is 0 Å². The Balaban J connectivity index is 0.000000237. The van der Waals surface area contributed by atoms with E-state index in [1.807, 2.05) is 178 Å². The first-order valence-electron chi connectivity index (χ1n) is 36.5. The van der Waals surface area contributed by atoms with Gasteiger partial charge in [0.2, 0.25) is 5.91 Å². The van der Waals surface area contributed by atoms with Gasteiger partial charge in [0.05, 0.1) is 27.9 Å². The summed E-state index contributed by atoms with van der Waals surface area (Å²) in [5.74, 6) is -1.49. The van der Waals surface area contributed by atoms with Gasteiger partial charge in [-0.1, -0.05) is 135 Å². The molecule has 114 heavy (non-hydrogen) atoms. The summed E-state index contributed by atoms with van der Waals surface area (Å²) in [7, 11) is -2.26. The van der Waals surface area contributed by atoms with E-state index in [1.165, 1.54) is 55.6 Å². The smallest absolute Gasteiger partial charge is 0.251 e. The first-order valence-corrected chi connectivity index (χ1v) is 41.4. The SMILES string of the molecule is COCCNC(=O)c1ccc(Oc2cccc(-c3ccc(OC)cc3)c2)c(S(=O)(=O)CC(=O)CC(C)(C)C)c1.COc1ccc(-c2cccc(Oc3ccc(C(=O)NCCN(C)C)cc3S(=O)(=O)CC(=O)CC(C)(C)C)c2)cc1.COc1ccc(-c2cccc(Oc3ccc(C(N)=O)cc3S(=O)(=O)CC(=O)CC(C)(C)C)c2)cc1. The summed E-state index contributed by atoms with van der Waals surface area (Å²) in [5.41, 5.74) is 9.93. The van der Waals surface area contributed by atoms with Crippen LogP contribution in [0.15, 0.2) is 215 Å². The third-order valence-electron chi connectivity index (χ3n) is 16.8. The summed E-state index contributed by atoms with van der Waals surface area (Å²) in [6.45, 7) is 18.4. The number of hydrogen-bond donors (Lipinski definition) is 3. The highest BCUT2D eigenvalue weighted by atomic mass is 32.2. The Morgan fingerprint density at radius 2 is 0.649 bits per heavy atom. The summed E-state index contributed by atoms with van der Waals surface area (Å²) < 4.78 is 119. The molecule has 4 N–H and O–H groups in total. The number of sulfone groups is 3. The number of carbonyl (C=O) groups excluding carboxylic acids is 6. The molecule has 606 valence electrons. The number of nitrogens with one attached hydrogen (secondary N) is 2. The number of nitrogens with two attached hydrogens (primary N) is 1. The molecule has 9 rings (SSSR count). The lowest BCUT2D eigenvalue weighted by Gasteiger charge is -2.18. The quantitative estimate of drug-likeness (QED) is 0.0322. The number of nitrogens with zero attached hydrogens (tertiary/aromatic N) is 1. The van der Waals surface area contributed by atoms with Gasteiger partial charge in [-0.2, -0.15) is 0 Å². The van der Waals surface area contributed by atoms with E-state index in [2.05, 4.69) is 10.6 Å². The van der Waals surface area contributed by atoms with Gasteiger partial charge in [0.1, 0.15) is 101 Å². The van der Waals surface area contributed by atoms with Gasteiger partial charge >= 0.3 is 0 Å². The maximum Gasteiger partial charge on any atom is 0.251 e. The van der Waals surface area contributed by atoms with Gasteiger partial charge in [0.25, 0.3) is 11.8 Å². The van der Waals surface area contributed by atoms with Crippen LogP contribution in [0.2, 0.25) is 0 Å². The van der Waals surface area contributed by atoms with Crippen LogP contribution in [-0.4, -0.2) is 151 Å². The van der Waals surface area contributed by atoms with Crippen LogP contribution in [0.4, 0.5) is 0 Å². The zero-order chi connectivity index (χ0) is 83.9. The van der Waals surface area contributed by atoms with E-state index in [4.69, 9.17) is 38.9 Å². The lowest BCUT2D eigenvalue weighted by molar-refractivity contribution is -0.119. The van der Waals surface area contributed by atoms with Gasteiger partial charge in [0.15, 0.2) is 29.5 Å². The molecular weight excluding hydrogens is 1510 g/mol. The highest BCUT2D eigenvalue weighted by Crippen LogP contribution is 2.39. The Kier molecular flexibility index (Phi) is 31.7. The van der Waals surface area contributed by atoms with Crippen molar-refractivity contribution in [2.75, 3.05) is 86.0 Å². The Hall–Kier alpha value is -11.0. The topological polar surface area (TPSA) is 323 Å². The minimum atomic E-state index is -4.13. The van der Waals surface area contributed by atoms with Crippen LogP contribution in [0.1, 0.15) is 113 Å². The highest BCUT2D eigenvalue weighted by molar-refractivity contribution is 7.92. The molecule has 0 bridgehead atoms. The molecule has 0 aliphatic carbocycles. The number of ketones is 3. The average Bonchev–Trinajstić information content (AvgIpc) is 0.800. The van der Waals surface area contributed by atoms with Crippen molar-refractivity contribution in [1.82, 2.24) is 15.5 Å². The Morgan fingerprint density at radius 1 is 0.360 bits per heavy atom. The van der Waals surface area contributed by atoms with Crippen LogP contribution in [-0.2, 0) is 48.6 Å². The van der Waals surface area contributed by atoms with E-state index in [1.54, 1.807) is 69.9 Å². The first kappa shape index (κ1) is 90.2. The molecule has 0 saturated carbocycles. The molecule has 0 aromatic heterocycles. The second-order valence-corrected chi connectivity index (χ2v) is 36.7. The van der Waals surface area contributed by atoms with Crippen LogP contribution in [0.25, 0.3) is 33.4 Å². The van der Waals surface area contributed by atoms with Crippen LogP contribution in [0, 0.1) is 16.2 Å². The number of ether oxygens (including phenoxy) is 7. The van der Waals surface area contributed by atoms with Crippen molar-refractivity contribution in [1.29, 1.82) is 0 Å². The molecular formula is C88H102N4O19S3. The summed E-state index contributed by atoms with van der Waals surface area (Å²) >= 11 is 0. The lowest BCUT2D eigenvalue weighted by Crippen LogP contribution is -2.31. The molecule has 9 aromatic rings. The summed E-state index contributed by atoms with van der Waals surface area (Å²) in [6, 6.07) is 56.5. The predicted octanol–water partition coefficient (Wildman–Crippen LogP) is 15.6. The number of likely N-dealkylation sites (N-methyl/N-ethyl adjacent to an activating group) is 1. The second-order valence-electron chi connectivity index (χ2n) is 30.8. The van der Waals surface area contributed by atoms with Gasteiger partial charge in [0, 0.05) is 62.7 Å². The second kappa shape index (κ2) is 40.1. The third kappa shape index (κ3) is 28.3. The van der Waals surface area contributed by atoms with Crippen molar-refractivity contribution < 1.29 is 87.2 Å². The van der Waals surface area contributed by atoms with Crippen molar-refractivity contribution >= 4 is 64.6 Å². The van der Waals surface area contributed by atoms with Gasteiger partial charge in [-0.3, -0.25) is 28.8 Å². The van der Waals surface area contributed by atoms with E-state index < -0.39 is 81.8 Å². The zero-order valence-corrected chi connectivity index (χ0v) is 69.6. The average molecular weight is 1620 g/mol.